The Hall–Kier alpha value is -2.17. The molecular weight excluding hydrogens is 415 g/mol. The van der Waals surface area contributed by atoms with Crippen LogP contribution in [0.3, 0.4) is 0 Å². The lowest BCUT2D eigenvalue weighted by molar-refractivity contribution is -0.141. The average molecular weight is 431 g/mol. The highest BCUT2D eigenvalue weighted by atomic mass is 32.2. The number of rotatable bonds is 5. The number of nitrogens with zero attached hydrogens (tertiary/aromatic N) is 1. The van der Waals surface area contributed by atoms with Crippen molar-refractivity contribution in [1.82, 2.24) is 4.31 Å². The molecule has 1 N–H and O–H groups in total. The molecule has 1 atom stereocenters. The van der Waals surface area contributed by atoms with Crippen molar-refractivity contribution in [2.45, 2.75) is 37.0 Å². The number of sulfonamides is 1. The zero-order valence-corrected chi connectivity index (χ0v) is 16.2. The van der Waals surface area contributed by atoms with E-state index in [2.05, 4.69) is 0 Å². The fourth-order valence-electron chi connectivity index (χ4n) is 2.94. The number of aliphatic carboxylic acids is 1. The second-order valence-corrected chi connectivity index (χ2v) is 9.23. The molecule has 28 heavy (non-hydrogen) atoms. The number of hydrogen-bond acceptors (Lipinski definition) is 4. The van der Waals surface area contributed by atoms with Gasteiger partial charge in [0.1, 0.15) is 6.04 Å². The molecule has 0 saturated carbocycles. The number of halogens is 3. The van der Waals surface area contributed by atoms with Crippen LogP contribution in [0.15, 0.2) is 35.2 Å². The molecule has 1 unspecified atom stereocenters. The summed E-state index contributed by atoms with van der Waals surface area (Å²) in [5, 5.41) is 9.23. The number of thiophene rings is 1. The van der Waals surface area contributed by atoms with Crippen LogP contribution in [0.25, 0.3) is 12.2 Å². The molecule has 1 aromatic heterocycles. The third-order valence-electron chi connectivity index (χ3n) is 4.37. The highest BCUT2D eigenvalue weighted by Gasteiger charge is 2.42. The van der Waals surface area contributed by atoms with Gasteiger partial charge in [0, 0.05) is 9.75 Å². The van der Waals surface area contributed by atoms with E-state index < -0.39 is 33.8 Å². The molecule has 2 aromatic rings. The normalized spacial score (nSPS) is 17.7. The van der Waals surface area contributed by atoms with Crippen molar-refractivity contribution in [3.05, 3.63) is 51.2 Å². The van der Waals surface area contributed by atoms with Gasteiger partial charge in [-0.15, -0.1) is 11.3 Å². The molecule has 0 saturated heterocycles. The number of carboxylic acid groups (broad SMARTS) is 1. The summed E-state index contributed by atoms with van der Waals surface area (Å²) in [5.41, 5.74) is -0.196. The van der Waals surface area contributed by atoms with Gasteiger partial charge in [0.2, 0.25) is 10.0 Å². The topological polar surface area (TPSA) is 74.7 Å². The lowest BCUT2D eigenvalue weighted by Crippen LogP contribution is -2.40. The van der Waals surface area contributed by atoms with Gasteiger partial charge >= 0.3 is 12.1 Å². The average Bonchev–Trinajstić information content (AvgIpc) is 3.12. The fraction of sp³-hybridized carbons (Fsp3) is 0.278. The van der Waals surface area contributed by atoms with Crippen LogP contribution in [0.1, 0.15) is 34.2 Å². The molecule has 5 nitrogen and oxygen atoms in total. The van der Waals surface area contributed by atoms with Crippen LogP contribution in [0.4, 0.5) is 13.2 Å². The second kappa shape index (κ2) is 7.34. The van der Waals surface area contributed by atoms with E-state index >= 15 is 0 Å². The number of benzene rings is 1. The van der Waals surface area contributed by atoms with Crippen LogP contribution in [0.5, 0.6) is 0 Å². The van der Waals surface area contributed by atoms with Gasteiger partial charge < -0.3 is 5.11 Å². The molecule has 0 radical (unpaired) electrons. The molecule has 1 aliphatic heterocycles. The third-order valence-corrected chi connectivity index (χ3v) is 7.51. The van der Waals surface area contributed by atoms with Crippen molar-refractivity contribution in [2.24, 2.45) is 0 Å². The molecule has 2 heterocycles. The van der Waals surface area contributed by atoms with E-state index in [-0.39, 0.29) is 17.9 Å². The van der Waals surface area contributed by atoms with Gasteiger partial charge in [0.05, 0.1) is 17.0 Å². The molecule has 10 heteroatoms. The van der Waals surface area contributed by atoms with Crippen LogP contribution in [0.2, 0.25) is 0 Å². The van der Waals surface area contributed by atoms with Crippen LogP contribution < -0.4 is 0 Å². The molecule has 150 valence electrons. The Balaban J connectivity index is 1.81. The maximum Gasteiger partial charge on any atom is 0.416 e. The quantitative estimate of drug-likeness (QED) is 0.766. The molecule has 0 fully saturated rings. The van der Waals surface area contributed by atoms with Crippen molar-refractivity contribution in [3.8, 4) is 0 Å². The Morgan fingerprint density at radius 3 is 2.43 bits per heavy atom. The molecule has 0 amide bonds. The van der Waals surface area contributed by atoms with Gasteiger partial charge in [-0.05, 0) is 36.3 Å². The maximum atomic E-state index is 12.6. The van der Waals surface area contributed by atoms with E-state index in [1.807, 2.05) is 0 Å². The molecular formula is C18H16F3NO4S2. The summed E-state index contributed by atoms with van der Waals surface area (Å²) in [5.74, 6) is -1.19. The number of hydrogen-bond donors (Lipinski definition) is 1. The SMILES string of the molecule is CCC(C(=O)O)N1Cc2sc(/C=C/c3ccc(C(F)(F)F)cc3)cc2S1(=O)=O. The highest BCUT2D eigenvalue weighted by molar-refractivity contribution is 7.89. The van der Waals surface area contributed by atoms with Crippen molar-refractivity contribution >= 4 is 39.5 Å². The van der Waals surface area contributed by atoms with Crippen LogP contribution in [0, 0.1) is 0 Å². The predicted molar refractivity (Wildman–Crippen MR) is 99.1 cm³/mol. The van der Waals surface area contributed by atoms with E-state index in [4.69, 9.17) is 0 Å². The lowest BCUT2D eigenvalue weighted by atomic mass is 10.1. The Kier molecular flexibility index (Phi) is 5.39. The van der Waals surface area contributed by atoms with E-state index in [1.54, 1.807) is 19.1 Å². The van der Waals surface area contributed by atoms with Crippen molar-refractivity contribution < 1.29 is 31.5 Å². The number of carbonyl (C=O) groups is 1. The third kappa shape index (κ3) is 3.85. The minimum absolute atomic E-state index is 0.00125. The predicted octanol–water partition coefficient (Wildman–Crippen LogP) is 4.30. The van der Waals surface area contributed by atoms with E-state index in [0.29, 0.717) is 15.3 Å². The first-order valence-corrected chi connectivity index (χ1v) is 10.5. The highest BCUT2D eigenvalue weighted by Crippen LogP contribution is 2.39. The summed E-state index contributed by atoms with van der Waals surface area (Å²) in [7, 11) is -3.88. The maximum absolute atomic E-state index is 12.6. The Bertz CT molecular complexity index is 1020. The van der Waals surface area contributed by atoms with Crippen LogP contribution in [-0.4, -0.2) is 29.8 Å². The molecule has 0 aliphatic carbocycles. The first-order valence-electron chi connectivity index (χ1n) is 8.26. The second-order valence-electron chi connectivity index (χ2n) is 6.20. The van der Waals surface area contributed by atoms with E-state index in [9.17, 15) is 31.5 Å². The zero-order valence-electron chi connectivity index (χ0n) is 14.6. The van der Waals surface area contributed by atoms with E-state index in [0.717, 1.165) is 16.4 Å². The van der Waals surface area contributed by atoms with Gasteiger partial charge in [-0.3, -0.25) is 4.79 Å². The molecule has 0 bridgehead atoms. The zero-order chi connectivity index (χ0) is 20.7. The number of alkyl halides is 3. The van der Waals surface area contributed by atoms with Crippen molar-refractivity contribution in [2.75, 3.05) is 0 Å². The minimum Gasteiger partial charge on any atom is -0.480 e. The Morgan fingerprint density at radius 1 is 1.29 bits per heavy atom. The minimum atomic E-state index is -4.40. The van der Waals surface area contributed by atoms with Gasteiger partial charge in [-0.1, -0.05) is 25.1 Å². The fourth-order valence-corrected chi connectivity index (χ4v) is 6.25. The van der Waals surface area contributed by atoms with Gasteiger partial charge in [-0.2, -0.15) is 17.5 Å². The van der Waals surface area contributed by atoms with Crippen molar-refractivity contribution in [3.63, 3.8) is 0 Å². The van der Waals surface area contributed by atoms with Crippen LogP contribution in [-0.2, 0) is 27.5 Å². The number of carboxylic acids is 1. The first-order chi connectivity index (χ1) is 13.0. The Labute approximate surface area is 163 Å². The van der Waals surface area contributed by atoms with Gasteiger partial charge in [0.25, 0.3) is 0 Å². The lowest BCUT2D eigenvalue weighted by Gasteiger charge is -2.21. The van der Waals surface area contributed by atoms with Gasteiger partial charge in [0.15, 0.2) is 0 Å². The largest absolute Gasteiger partial charge is 0.480 e. The molecule has 1 aliphatic rings. The monoisotopic (exact) mass is 431 g/mol. The van der Waals surface area contributed by atoms with E-state index in [1.165, 1.54) is 29.5 Å². The summed E-state index contributed by atoms with van der Waals surface area (Å²) in [4.78, 5) is 12.6. The molecule has 3 rings (SSSR count). The molecule has 1 aromatic carbocycles. The summed E-state index contributed by atoms with van der Waals surface area (Å²) < 4.78 is 64.0. The summed E-state index contributed by atoms with van der Waals surface area (Å²) >= 11 is 1.21. The standard InChI is InChI=1S/C18H16F3NO4S2/c1-2-14(17(23)24)22-10-15-16(28(22,25)26)9-13(27-15)8-5-11-3-6-12(7-4-11)18(19,20)21/h3-9,14H,2,10H2,1H3,(H,23,24)/b8-5+. The van der Waals surface area contributed by atoms with Gasteiger partial charge in [-0.25, -0.2) is 8.42 Å². The summed E-state index contributed by atoms with van der Waals surface area (Å²) in [6, 6.07) is 4.97. The molecule has 0 spiro atoms. The van der Waals surface area contributed by atoms with Crippen molar-refractivity contribution in [1.29, 1.82) is 0 Å². The van der Waals surface area contributed by atoms with Crippen LogP contribution >= 0.6 is 11.3 Å². The summed E-state index contributed by atoms with van der Waals surface area (Å²) in [6.07, 6.45) is -1.02. The summed E-state index contributed by atoms with van der Waals surface area (Å²) in [6.45, 7) is 1.61. The Morgan fingerprint density at radius 2 is 1.93 bits per heavy atom. The smallest absolute Gasteiger partial charge is 0.416 e. The number of fused-ring (bicyclic) bond motifs is 1. The first kappa shape index (κ1) is 20.6.